The molecule has 0 atom stereocenters. The Morgan fingerprint density at radius 1 is 1.56 bits per heavy atom. The molecular formula is C12H17N3O. The number of likely N-dealkylation sites (N-methyl/N-ethyl adjacent to an activating group) is 1. The average Bonchev–Trinajstić information content (AvgIpc) is 2.27. The minimum Gasteiger partial charge on any atom is -0.383 e. The fourth-order valence-electron chi connectivity index (χ4n) is 2.13. The first-order valence-electron chi connectivity index (χ1n) is 5.53. The van der Waals surface area contributed by atoms with Crippen molar-refractivity contribution in [3.05, 3.63) is 23.8 Å². The van der Waals surface area contributed by atoms with E-state index in [1.165, 1.54) is 5.56 Å². The molecule has 0 aromatic heterocycles. The summed E-state index contributed by atoms with van der Waals surface area (Å²) < 4.78 is 0. The lowest BCUT2D eigenvalue weighted by molar-refractivity contribution is -0.116. The highest BCUT2D eigenvalue weighted by Crippen LogP contribution is 2.31. The monoisotopic (exact) mass is 219 g/mol. The van der Waals surface area contributed by atoms with E-state index < -0.39 is 0 Å². The zero-order valence-electron chi connectivity index (χ0n) is 9.49. The Balaban J connectivity index is 2.29. The number of hydrogen-bond acceptors (Lipinski definition) is 3. The van der Waals surface area contributed by atoms with Crippen molar-refractivity contribution >= 4 is 17.3 Å². The molecule has 1 heterocycles. The van der Waals surface area contributed by atoms with Gasteiger partial charge in [-0.2, -0.15) is 0 Å². The van der Waals surface area contributed by atoms with Crippen LogP contribution in [0.1, 0.15) is 12.0 Å². The predicted molar refractivity (Wildman–Crippen MR) is 65.7 cm³/mol. The van der Waals surface area contributed by atoms with Gasteiger partial charge in [0.2, 0.25) is 5.91 Å². The van der Waals surface area contributed by atoms with E-state index in [0.29, 0.717) is 0 Å². The van der Waals surface area contributed by atoms with E-state index >= 15 is 0 Å². The Morgan fingerprint density at radius 2 is 2.38 bits per heavy atom. The maximum atomic E-state index is 10.9. The van der Waals surface area contributed by atoms with Crippen LogP contribution < -0.4 is 16.0 Å². The van der Waals surface area contributed by atoms with Gasteiger partial charge in [0.15, 0.2) is 0 Å². The van der Waals surface area contributed by atoms with E-state index in [0.717, 1.165) is 30.8 Å². The second-order valence-electron chi connectivity index (χ2n) is 4.16. The molecule has 0 bridgehead atoms. The Hall–Kier alpha value is -1.71. The van der Waals surface area contributed by atoms with E-state index in [4.69, 9.17) is 5.73 Å². The van der Waals surface area contributed by atoms with Gasteiger partial charge in [-0.05, 0) is 24.5 Å². The normalized spacial score (nSPS) is 13.8. The Labute approximate surface area is 95.4 Å². The largest absolute Gasteiger partial charge is 0.383 e. The van der Waals surface area contributed by atoms with Crippen molar-refractivity contribution in [1.29, 1.82) is 0 Å². The predicted octanol–water partition coefficient (Wildman–Crippen LogP) is 0.966. The molecule has 0 aliphatic carbocycles. The quantitative estimate of drug-likeness (QED) is 0.796. The molecule has 0 saturated carbocycles. The summed E-state index contributed by atoms with van der Waals surface area (Å²) in [5, 5.41) is 3.39. The number of primary amides is 1. The maximum absolute atomic E-state index is 10.9. The molecule has 0 spiro atoms. The van der Waals surface area contributed by atoms with Crippen LogP contribution in [0.25, 0.3) is 0 Å². The van der Waals surface area contributed by atoms with Gasteiger partial charge < -0.3 is 16.0 Å². The van der Waals surface area contributed by atoms with E-state index in [1.54, 1.807) is 0 Å². The number of carbonyl (C=O) groups excluding carboxylic acids is 1. The number of para-hydroxylation sites is 1. The number of nitrogens with one attached hydrogen (secondary N) is 1. The number of nitrogens with two attached hydrogens (primary N) is 1. The number of carbonyl (C=O) groups is 1. The first-order valence-corrected chi connectivity index (χ1v) is 5.53. The van der Waals surface area contributed by atoms with Gasteiger partial charge in [-0.25, -0.2) is 0 Å². The summed E-state index contributed by atoms with van der Waals surface area (Å²) in [5.41, 5.74) is 8.73. The second-order valence-corrected chi connectivity index (χ2v) is 4.16. The third kappa shape index (κ3) is 2.10. The van der Waals surface area contributed by atoms with Crippen LogP contribution >= 0.6 is 0 Å². The van der Waals surface area contributed by atoms with Crippen molar-refractivity contribution in [2.45, 2.75) is 12.8 Å². The van der Waals surface area contributed by atoms with Crippen LogP contribution in [-0.2, 0) is 11.2 Å². The summed E-state index contributed by atoms with van der Waals surface area (Å²) in [6.45, 7) is 1.24. The molecule has 1 aliphatic heterocycles. The Kier molecular flexibility index (Phi) is 2.99. The molecule has 0 radical (unpaired) electrons. The molecule has 2 rings (SSSR count). The number of nitrogens with zero attached hydrogens (tertiary/aromatic N) is 1. The number of amides is 1. The van der Waals surface area contributed by atoms with E-state index in [1.807, 2.05) is 24.1 Å². The third-order valence-corrected chi connectivity index (χ3v) is 2.86. The van der Waals surface area contributed by atoms with Gasteiger partial charge >= 0.3 is 0 Å². The number of benzene rings is 1. The molecule has 1 aromatic rings. The van der Waals surface area contributed by atoms with Gasteiger partial charge in [-0.1, -0.05) is 12.1 Å². The highest BCUT2D eigenvalue weighted by molar-refractivity contribution is 5.82. The first kappa shape index (κ1) is 10.8. The molecule has 86 valence electrons. The number of fused-ring (bicyclic) bond motifs is 1. The smallest absolute Gasteiger partial charge is 0.236 e. The van der Waals surface area contributed by atoms with Crippen molar-refractivity contribution in [1.82, 2.24) is 0 Å². The topological polar surface area (TPSA) is 58.4 Å². The molecular weight excluding hydrogens is 202 g/mol. The molecule has 4 heteroatoms. The second kappa shape index (κ2) is 4.43. The van der Waals surface area contributed by atoms with E-state index in [-0.39, 0.29) is 12.5 Å². The van der Waals surface area contributed by atoms with Crippen molar-refractivity contribution in [2.24, 2.45) is 5.73 Å². The molecule has 1 amide bonds. The molecule has 1 aliphatic rings. The lowest BCUT2D eigenvalue weighted by atomic mass is 10.0. The molecule has 0 fully saturated rings. The SMILES string of the molecule is CN(CC(N)=O)c1cccc2c1NCCC2. The van der Waals surface area contributed by atoms with Gasteiger partial charge in [0, 0.05) is 13.6 Å². The van der Waals surface area contributed by atoms with Crippen LogP contribution in [0.5, 0.6) is 0 Å². The van der Waals surface area contributed by atoms with Crippen LogP contribution in [0, 0.1) is 0 Å². The van der Waals surface area contributed by atoms with Crippen molar-refractivity contribution in [3.8, 4) is 0 Å². The minimum absolute atomic E-state index is 0.248. The first-order chi connectivity index (χ1) is 7.68. The summed E-state index contributed by atoms with van der Waals surface area (Å²) in [6, 6.07) is 6.17. The number of rotatable bonds is 3. The van der Waals surface area contributed by atoms with Crippen LogP contribution in [-0.4, -0.2) is 26.0 Å². The fraction of sp³-hybridized carbons (Fsp3) is 0.417. The van der Waals surface area contributed by atoms with Gasteiger partial charge in [0.05, 0.1) is 17.9 Å². The van der Waals surface area contributed by atoms with Crippen molar-refractivity contribution < 1.29 is 4.79 Å². The lowest BCUT2D eigenvalue weighted by Crippen LogP contribution is -2.31. The highest BCUT2D eigenvalue weighted by atomic mass is 16.1. The zero-order valence-corrected chi connectivity index (χ0v) is 9.49. The van der Waals surface area contributed by atoms with Gasteiger partial charge in [-0.3, -0.25) is 4.79 Å². The minimum atomic E-state index is -0.309. The average molecular weight is 219 g/mol. The fourth-order valence-corrected chi connectivity index (χ4v) is 2.13. The number of hydrogen-bond donors (Lipinski definition) is 2. The molecule has 0 unspecified atom stereocenters. The molecule has 1 aromatic carbocycles. The van der Waals surface area contributed by atoms with E-state index in [9.17, 15) is 4.79 Å². The van der Waals surface area contributed by atoms with E-state index in [2.05, 4.69) is 11.4 Å². The lowest BCUT2D eigenvalue weighted by Gasteiger charge is -2.26. The Morgan fingerprint density at radius 3 is 3.12 bits per heavy atom. The summed E-state index contributed by atoms with van der Waals surface area (Å²) in [4.78, 5) is 12.8. The standard InChI is InChI=1S/C12H17N3O/c1-15(8-11(13)16)10-6-2-4-9-5-3-7-14-12(9)10/h2,4,6,14H,3,5,7-8H2,1H3,(H2,13,16). The highest BCUT2D eigenvalue weighted by Gasteiger charge is 2.15. The maximum Gasteiger partial charge on any atom is 0.236 e. The van der Waals surface area contributed by atoms with Gasteiger partial charge in [-0.15, -0.1) is 0 Å². The molecule has 16 heavy (non-hydrogen) atoms. The number of aryl methyl sites for hydroxylation is 1. The Bertz CT molecular complexity index is 403. The summed E-state index contributed by atoms with van der Waals surface area (Å²) >= 11 is 0. The summed E-state index contributed by atoms with van der Waals surface area (Å²) in [6.07, 6.45) is 2.26. The van der Waals surface area contributed by atoms with Crippen molar-refractivity contribution in [3.63, 3.8) is 0 Å². The van der Waals surface area contributed by atoms with Crippen LogP contribution in [0.4, 0.5) is 11.4 Å². The summed E-state index contributed by atoms with van der Waals surface area (Å²) in [5.74, 6) is -0.309. The molecule has 0 saturated heterocycles. The third-order valence-electron chi connectivity index (χ3n) is 2.86. The molecule has 4 nitrogen and oxygen atoms in total. The van der Waals surface area contributed by atoms with Crippen LogP contribution in [0.2, 0.25) is 0 Å². The zero-order chi connectivity index (χ0) is 11.5. The van der Waals surface area contributed by atoms with Crippen molar-refractivity contribution in [2.75, 3.05) is 30.4 Å². The summed E-state index contributed by atoms with van der Waals surface area (Å²) in [7, 11) is 1.89. The van der Waals surface area contributed by atoms with Gasteiger partial charge in [0.1, 0.15) is 0 Å². The van der Waals surface area contributed by atoms with Gasteiger partial charge in [0.25, 0.3) is 0 Å². The van der Waals surface area contributed by atoms with Crippen LogP contribution in [0.3, 0.4) is 0 Å². The van der Waals surface area contributed by atoms with Crippen LogP contribution in [0.15, 0.2) is 18.2 Å². The number of anilines is 2. The molecule has 3 N–H and O–H groups in total.